The molecule has 10 heteroatoms. The lowest BCUT2D eigenvalue weighted by molar-refractivity contribution is -0.157. The number of aromatic hydroxyl groups is 1. The number of halogens is 1. The Hall–Kier alpha value is -4.18. The number of likely N-dealkylation sites (tertiary alicyclic amines) is 1. The van der Waals surface area contributed by atoms with Gasteiger partial charge in [-0.25, -0.2) is 9.59 Å². The number of rotatable bonds is 10. The molecule has 1 heterocycles. The Morgan fingerprint density at radius 2 is 1.61 bits per heavy atom. The first-order valence-electron chi connectivity index (χ1n) is 20.1. The molecule has 0 bridgehead atoms. The fourth-order valence-corrected chi connectivity index (χ4v) is 9.83. The van der Waals surface area contributed by atoms with Gasteiger partial charge in [0.15, 0.2) is 0 Å². The van der Waals surface area contributed by atoms with Crippen molar-refractivity contribution in [3.05, 3.63) is 112 Å². The Labute approximate surface area is 336 Å². The van der Waals surface area contributed by atoms with Crippen molar-refractivity contribution >= 4 is 29.5 Å². The second-order valence-electron chi connectivity index (χ2n) is 16.1. The summed E-state index contributed by atoms with van der Waals surface area (Å²) in [5.41, 5.74) is 4.81. The summed E-state index contributed by atoms with van der Waals surface area (Å²) in [4.78, 5) is 33.4. The number of fused-ring (bicyclic) bond motifs is 5. The molecule has 3 aliphatic carbocycles. The van der Waals surface area contributed by atoms with Crippen LogP contribution in [0.2, 0.25) is 5.02 Å². The molecule has 3 fully saturated rings. The first-order valence-corrected chi connectivity index (χ1v) is 20.4. The number of carbonyl (C=O) groups is 3. The van der Waals surface area contributed by atoms with Gasteiger partial charge in [-0.05, 0) is 143 Å². The van der Waals surface area contributed by atoms with Crippen molar-refractivity contribution in [3.63, 3.8) is 0 Å². The third kappa shape index (κ3) is 10.4. The van der Waals surface area contributed by atoms with Gasteiger partial charge < -0.3 is 29.7 Å². The Morgan fingerprint density at radius 1 is 0.929 bits per heavy atom. The Bertz CT molecular complexity index is 1800. The number of phenols is 1. The molecule has 302 valence electrons. The average Bonchev–Trinajstić information content (AvgIpc) is 3.75. The number of benzene rings is 3. The lowest BCUT2D eigenvalue weighted by Crippen LogP contribution is -2.45. The molecule has 9 nitrogen and oxygen atoms in total. The molecule has 2 saturated carbocycles. The zero-order chi connectivity index (χ0) is 40.5. The molecule has 3 N–H and O–H groups in total. The Balaban J connectivity index is 0.000000180. The van der Waals surface area contributed by atoms with Crippen LogP contribution < -0.4 is 0 Å². The van der Waals surface area contributed by atoms with E-state index in [4.69, 9.17) is 31.3 Å². The summed E-state index contributed by atoms with van der Waals surface area (Å²) in [5.74, 6) is -0.194. The van der Waals surface area contributed by atoms with Crippen molar-refractivity contribution in [1.82, 2.24) is 4.90 Å². The zero-order valence-corrected chi connectivity index (χ0v) is 33.9. The monoisotopic (exact) mass is 787 g/mol. The van der Waals surface area contributed by atoms with Crippen molar-refractivity contribution in [2.75, 3.05) is 20.2 Å². The maximum Gasteiger partial charge on any atom is 0.328 e. The standard InChI is InChI=1S/C21H26ClNO.C21H28O3.C4H4O4/c1-21(17-7-4-3-5-8-17,18-10-12-19(22)13-11-18)24-16-14-20-9-6-15-23(20)2;1-3-20(23)24-19-9-8-18-17-6-4-13-12-14(22)5-7-15(13)16(17)10-11-21(18,19)2;5-3(6)1-2-4(7)8/h3-5,7-8,10-13,20H,6,9,14-16H2,1-2H3;5,7,12,16-19,22H,3-4,6,8-11H2,1-2H3;1-2H,(H,5,6)(H,7,8). The molecule has 1 aliphatic heterocycles. The van der Waals surface area contributed by atoms with Crippen LogP contribution in [-0.4, -0.2) is 70.5 Å². The molecule has 3 aromatic carbocycles. The summed E-state index contributed by atoms with van der Waals surface area (Å²) >= 11 is 6.07. The van der Waals surface area contributed by atoms with E-state index in [0.29, 0.717) is 48.1 Å². The van der Waals surface area contributed by atoms with E-state index in [2.05, 4.69) is 68.3 Å². The number of ether oxygens (including phenoxy) is 2. The van der Waals surface area contributed by atoms with Gasteiger partial charge in [0.2, 0.25) is 0 Å². The van der Waals surface area contributed by atoms with Crippen LogP contribution in [0.25, 0.3) is 0 Å². The minimum Gasteiger partial charge on any atom is -0.508 e. The second-order valence-corrected chi connectivity index (χ2v) is 16.5. The van der Waals surface area contributed by atoms with E-state index in [-0.39, 0.29) is 17.5 Å². The van der Waals surface area contributed by atoms with E-state index < -0.39 is 17.5 Å². The van der Waals surface area contributed by atoms with E-state index in [0.717, 1.165) is 42.9 Å². The number of carbonyl (C=O) groups excluding carboxylic acids is 1. The molecule has 0 spiro atoms. The van der Waals surface area contributed by atoms with Crippen LogP contribution in [0.3, 0.4) is 0 Å². The number of nitrogens with zero attached hydrogens (tertiary/aromatic N) is 1. The molecule has 0 aromatic heterocycles. The summed E-state index contributed by atoms with van der Waals surface area (Å²) in [6.45, 7) is 8.35. The van der Waals surface area contributed by atoms with E-state index in [1.165, 1.54) is 55.3 Å². The summed E-state index contributed by atoms with van der Waals surface area (Å²) in [6, 6.07) is 25.0. The Morgan fingerprint density at radius 3 is 2.23 bits per heavy atom. The van der Waals surface area contributed by atoms with Gasteiger partial charge in [-0.2, -0.15) is 0 Å². The molecule has 0 amide bonds. The fourth-order valence-electron chi connectivity index (χ4n) is 9.70. The molecule has 0 radical (unpaired) electrons. The minimum absolute atomic E-state index is 0.0477. The van der Waals surface area contributed by atoms with Crippen LogP contribution in [0, 0.1) is 17.3 Å². The van der Waals surface area contributed by atoms with Gasteiger partial charge in [0.25, 0.3) is 0 Å². The Kier molecular flexibility index (Phi) is 14.8. The van der Waals surface area contributed by atoms with Gasteiger partial charge in [-0.3, -0.25) is 4.79 Å². The predicted octanol–water partition coefficient (Wildman–Crippen LogP) is 9.39. The van der Waals surface area contributed by atoms with E-state index in [1.807, 2.05) is 37.3 Å². The molecule has 1 saturated heterocycles. The highest BCUT2D eigenvalue weighted by Gasteiger charge is 2.56. The minimum atomic E-state index is -1.26. The van der Waals surface area contributed by atoms with E-state index in [9.17, 15) is 19.5 Å². The smallest absolute Gasteiger partial charge is 0.328 e. The number of carboxylic acids is 2. The van der Waals surface area contributed by atoms with Crippen LogP contribution in [0.5, 0.6) is 5.75 Å². The number of phenolic OH excluding ortho intramolecular Hbond substituents is 1. The number of aliphatic carboxylic acids is 2. The third-order valence-corrected chi connectivity index (χ3v) is 13.0. The summed E-state index contributed by atoms with van der Waals surface area (Å²) in [7, 11) is 2.22. The topological polar surface area (TPSA) is 134 Å². The van der Waals surface area contributed by atoms with Crippen molar-refractivity contribution in [3.8, 4) is 5.75 Å². The number of esters is 1. The molecule has 7 unspecified atom stereocenters. The summed E-state index contributed by atoms with van der Waals surface area (Å²) < 4.78 is 12.3. The van der Waals surface area contributed by atoms with Crippen molar-refractivity contribution in [2.45, 2.75) is 109 Å². The number of hydrogen-bond donors (Lipinski definition) is 3. The van der Waals surface area contributed by atoms with Gasteiger partial charge in [0, 0.05) is 41.7 Å². The molecule has 56 heavy (non-hydrogen) atoms. The number of aryl methyl sites for hydroxylation is 1. The maximum atomic E-state index is 11.8. The lowest BCUT2D eigenvalue weighted by Gasteiger charge is -2.50. The van der Waals surface area contributed by atoms with Crippen LogP contribution in [0.1, 0.15) is 107 Å². The van der Waals surface area contributed by atoms with Crippen LogP contribution >= 0.6 is 11.6 Å². The van der Waals surface area contributed by atoms with E-state index in [1.54, 1.807) is 0 Å². The lowest BCUT2D eigenvalue weighted by atomic mass is 9.55. The molecule has 4 aliphatic rings. The highest BCUT2D eigenvalue weighted by molar-refractivity contribution is 6.30. The maximum absolute atomic E-state index is 11.8. The van der Waals surface area contributed by atoms with Gasteiger partial charge >= 0.3 is 17.9 Å². The molecule has 3 aromatic rings. The van der Waals surface area contributed by atoms with Crippen molar-refractivity contribution < 1.29 is 39.2 Å². The number of carboxylic acid groups (broad SMARTS) is 2. The normalized spacial score (nSPS) is 26.3. The zero-order valence-electron chi connectivity index (χ0n) is 33.2. The van der Waals surface area contributed by atoms with Crippen molar-refractivity contribution in [2.24, 2.45) is 17.3 Å². The highest BCUT2D eigenvalue weighted by Crippen LogP contribution is 2.61. The first-order chi connectivity index (χ1) is 26.7. The largest absolute Gasteiger partial charge is 0.508 e. The fraction of sp³-hybridized carbons (Fsp3) is 0.500. The highest BCUT2D eigenvalue weighted by atomic mass is 35.5. The first kappa shape index (κ1) is 43.0. The molecular formula is C46H58ClNO8. The van der Waals surface area contributed by atoms with Crippen LogP contribution in [0.4, 0.5) is 0 Å². The quantitative estimate of drug-likeness (QED) is 0.136. The SMILES string of the molecule is CCC(=O)OC1CCC2C3CCc4cc(O)ccc4C3CCC12C.CN1CCCC1CCOC(C)(c1ccccc1)c1ccc(Cl)cc1.O=C(O)C=CC(=O)O. The molecule has 7 rings (SSSR count). The summed E-state index contributed by atoms with van der Waals surface area (Å²) in [6.07, 6.45) is 12.2. The van der Waals surface area contributed by atoms with Gasteiger partial charge in [0.1, 0.15) is 17.5 Å². The predicted molar refractivity (Wildman–Crippen MR) is 218 cm³/mol. The van der Waals surface area contributed by atoms with Gasteiger partial charge in [0.05, 0.1) is 0 Å². The van der Waals surface area contributed by atoms with Gasteiger partial charge in [-0.15, -0.1) is 0 Å². The number of hydrogen-bond acceptors (Lipinski definition) is 7. The van der Waals surface area contributed by atoms with Crippen LogP contribution in [-0.2, 0) is 35.9 Å². The second kappa shape index (κ2) is 19.3. The average molecular weight is 788 g/mol. The van der Waals surface area contributed by atoms with E-state index >= 15 is 0 Å². The third-order valence-electron chi connectivity index (χ3n) is 12.8. The van der Waals surface area contributed by atoms with Crippen molar-refractivity contribution in [1.29, 1.82) is 0 Å². The molecular weight excluding hydrogens is 730 g/mol. The summed E-state index contributed by atoms with van der Waals surface area (Å²) in [5, 5.41) is 26.1. The van der Waals surface area contributed by atoms with Gasteiger partial charge in [-0.1, -0.05) is 74.0 Å². The van der Waals surface area contributed by atoms with Crippen LogP contribution in [0.15, 0.2) is 84.9 Å². The molecule has 7 atom stereocenters.